The molecule has 0 saturated carbocycles. The molecule has 0 aliphatic rings. The summed E-state index contributed by atoms with van der Waals surface area (Å²) in [4.78, 5) is 17.7. The molecule has 2 heterocycles. The molecule has 3 aromatic rings. The molecule has 2 atom stereocenters. The monoisotopic (exact) mass is 826 g/mol. The summed E-state index contributed by atoms with van der Waals surface area (Å²) in [6.07, 6.45) is 9.82. The van der Waals surface area contributed by atoms with Gasteiger partial charge >= 0.3 is 277 Å². The second-order valence-electron chi connectivity index (χ2n) is 14.1. The summed E-state index contributed by atoms with van der Waals surface area (Å²) in [5.74, 6) is 3.23. The number of thiophene rings is 2. The molecule has 6 heteroatoms. The Morgan fingerprint density at radius 1 is 0.595 bits per heavy atom. The standard InChI is InChI=1S/C30H40O2S2.6CH3.2Sn/c1-5-9-13-23(7-3)21-31-27-19-26(30-16-12-18-34-30)28(20-25(27)29-15-11-17-33-29)32-22-24(8-4)14-10-6-2;;;;;;;;/h11-12,15-16,19-20,23-24H,5-10,13-14,21-22H2,1-4H3;6*1H3;;. The molecule has 0 aliphatic carbocycles. The van der Waals surface area contributed by atoms with Crippen LogP contribution in [0.25, 0.3) is 20.9 Å². The first-order valence-electron chi connectivity index (χ1n) is 16.6. The van der Waals surface area contributed by atoms with Crippen molar-refractivity contribution in [1.29, 1.82) is 0 Å². The molecule has 0 radical (unpaired) electrons. The number of benzene rings is 1. The zero-order valence-corrected chi connectivity index (χ0v) is 35.7. The summed E-state index contributed by atoms with van der Waals surface area (Å²) >= 11 is -0.402. The fraction of sp³-hybridized carbons (Fsp3) is 0.611. The van der Waals surface area contributed by atoms with Crippen LogP contribution < -0.4 is 15.3 Å². The Kier molecular flexibility index (Phi) is 14.6. The van der Waals surface area contributed by atoms with E-state index in [2.05, 4.69) is 93.7 Å². The maximum absolute atomic E-state index is 6.81. The first-order chi connectivity index (χ1) is 19.9. The van der Waals surface area contributed by atoms with Gasteiger partial charge in [-0.25, -0.2) is 0 Å². The molecule has 0 amide bonds. The van der Waals surface area contributed by atoms with Gasteiger partial charge in [-0.05, 0) is 0 Å². The van der Waals surface area contributed by atoms with Crippen molar-refractivity contribution in [2.24, 2.45) is 11.8 Å². The van der Waals surface area contributed by atoms with E-state index in [4.69, 9.17) is 9.47 Å². The van der Waals surface area contributed by atoms with Gasteiger partial charge in [-0.1, -0.05) is 0 Å². The van der Waals surface area contributed by atoms with Crippen LogP contribution in [0.5, 0.6) is 11.5 Å². The van der Waals surface area contributed by atoms with Crippen LogP contribution in [0.4, 0.5) is 0 Å². The predicted molar refractivity (Wildman–Crippen MR) is 197 cm³/mol. The summed E-state index contributed by atoms with van der Waals surface area (Å²) in [6.45, 7) is 10.7. The molecule has 234 valence electrons. The van der Waals surface area contributed by atoms with Crippen molar-refractivity contribution < 1.29 is 9.47 Å². The minimum atomic E-state index is -2.19. The van der Waals surface area contributed by atoms with Gasteiger partial charge in [0.2, 0.25) is 0 Å². The van der Waals surface area contributed by atoms with Crippen LogP contribution in [-0.2, 0) is 0 Å². The Hall–Kier alpha value is -0.183. The summed E-state index contributed by atoms with van der Waals surface area (Å²) < 4.78 is 16.8. The van der Waals surface area contributed by atoms with Crippen molar-refractivity contribution in [3.05, 3.63) is 36.4 Å². The molecule has 0 spiro atoms. The minimum absolute atomic E-state index is 0.592. The SMILES string of the molecule is CCCCC(CC)COc1cc(-c2cc[c]([Sn]([CH3])([CH3])[CH3])s2)c(OCC(CC)CCCC)cc1-c1cc[c]([Sn]([CH3])([CH3])[CH3])s1. The Bertz CT molecular complexity index is 1140. The van der Waals surface area contributed by atoms with Crippen molar-refractivity contribution >= 4 is 65.2 Å². The summed E-state index contributed by atoms with van der Waals surface area (Å²) in [7, 11) is 0. The molecule has 0 fully saturated rings. The molecule has 42 heavy (non-hydrogen) atoms. The molecule has 0 bridgehead atoms. The molecule has 3 rings (SSSR count). The van der Waals surface area contributed by atoms with E-state index >= 15 is 0 Å². The number of rotatable bonds is 18. The van der Waals surface area contributed by atoms with Crippen molar-refractivity contribution in [3.8, 4) is 32.4 Å². The van der Waals surface area contributed by atoms with Crippen LogP contribution in [0.2, 0.25) is 29.6 Å². The number of hydrogen-bond acceptors (Lipinski definition) is 4. The van der Waals surface area contributed by atoms with Gasteiger partial charge < -0.3 is 0 Å². The van der Waals surface area contributed by atoms with E-state index in [0.717, 1.165) is 37.6 Å². The second-order valence-corrected chi connectivity index (χ2v) is 47.1. The summed E-state index contributed by atoms with van der Waals surface area (Å²) in [5.41, 5.74) is 2.42. The molecule has 2 nitrogen and oxygen atoms in total. The van der Waals surface area contributed by atoms with Crippen LogP contribution in [0, 0.1) is 11.8 Å². The average molecular weight is 824 g/mol. The van der Waals surface area contributed by atoms with Gasteiger partial charge in [0.15, 0.2) is 0 Å². The molecule has 0 aliphatic heterocycles. The van der Waals surface area contributed by atoms with Crippen LogP contribution in [0.15, 0.2) is 36.4 Å². The molecule has 0 N–H and O–H groups in total. The first-order valence-corrected chi connectivity index (χ1v) is 38.2. The van der Waals surface area contributed by atoms with E-state index in [-0.39, 0.29) is 0 Å². The number of unbranched alkanes of at least 4 members (excludes halogenated alkanes) is 2. The van der Waals surface area contributed by atoms with Gasteiger partial charge in [-0.3, -0.25) is 0 Å². The maximum atomic E-state index is 6.81. The summed E-state index contributed by atoms with van der Waals surface area (Å²) in [5, 5.41) is 0. The van der Waals surface area contributed by atoms with E-state index in [0.29, 0.717) is 11.8 Å². The Morgan fingerprint density at radius 3 is 1.26 bits per heavy atom. The predicted octanol–water partition coefficient (Wildman–Crippen LogP) is 11.4. The van der Waals surface area contributed by atoms with Crippen LogP contribution in [0.3, 0.4) is 0 Å². The van der Waals surface area contributed by atoms with E-state index in [1.54, 1.807) is 5.79 Å². The Morgan fingerprint density at radius 2 is 0.976 bits per heavy atom. The van der Waals surface area contributed by atoms with E-state index in [1.165, 1.54) is 59.4 Å². The van der Waals surface area contributed by atoms with E-state index in [9.17, 15) is 0 Å². The average Bonchev–Trinajstić information content (AvgIpc) is 3.64. The van der Waals surface area contributed by atoms with Crippen LogP contribution in [0.1, 0.15) is 79.1 Å². The molecule has 0 saturated heterocycles. The normalized spacial score (nSPS) is 13.8. The van der Waals surface area contributed by atoms with Crippen LogP contribution >= 0.6 is 22.7 Å². The van der Waals surface area contributed by atoms with Gasteiger partial charge in [-0.15, -0.1) is 0 Å². The van der Waals surface area contributed by atoms with Crippen molar-refractivity contribution in [2.75, 3.05) is 13.2 Å². The van der Waals surface area contributed by atoms with Crippen LogP contribution in [-0.4, -0.2) is 50.0 Å². The molecular weight excluding hydrogens is 766 g/mol. The second kappa shape index (κ2) is 16.9. The molecule has 2 unspecified atom stereocenters. The summed E-state index contributed by atoms with van der Waals surface area (Å²) in [6, 6.07) is 14.1. The third kappa shape index (κ3) is 10.4. The quantitative estimate of drug-likeness (QED) is 0.119. The van der Waals surface area contributed by atoms with Crippen molar-refractivity contribution in [3.63, 3.8) is 0 Å². The zero-order chi connectivity index (χ0) is 30.9. The van der Waals surface area contributed by atoms with Gasteiger partial charge in [0.05, 0.1) is 0 Å². The molecule has 2 aromatic heterocycles. The fourth-order valence-corrected chi connectivity index (χ4v) is 17.8. The van der Waals surface area contributed by atoms with E-state index < -0.39 is 36.8 Å². The zero-order valence-electron chi connectivity index (χ0n) is 28.3. The van der Waals surface area contributed by atoms with Gasteiger partial charge in [0.1, 0.15) is 0 Å². The molecular formula is C36H58O2S2Sn2. The van der Waals surface area contributed by atoms with Crippen molar-refractivity contribution in [2.45, 2.75) is 109 Å². The molecule has 1 aromatic carbocycles. The van der Waals surface area contributed by atoms with Crippen molar-refractivity contribution in [1.82, 2.24) is 0 Å². The third-order valence-corrected chi connectivity index (χ3v) is 29.6. The van der Waals surface area contributed by atoms with Gasteiger partial charge in [0, 0.05) is 0 Å². The number of ether oxygens (including phenoxy) is 2. The third-order valence-electron chi connectivity index (χ3n) is 8.34. The Balaban J connectivity index is 2.12. The topological polar surface area (TPSA) is 18.5 Å². The Labute approximate surface area is 274 Å². The number of hydrogen-bond donors (Lipinski definition) is 0. The van der Waals surface area contributed by atoms with Gasteiger partial charge in [0.25, 0.3) is 0 Å². The van der Waals surface area contributed by atoms with Gasteiger partial charge in [-0.2, -0.15) is 0 Å². The first kappa shape index (κ1) is 36.3. The fourth-order valence-electron chi connectivity index (χ4n) is 5.17. The van der Waals surface area contributed by atoms with E-state index in [1.807, 2.05) is 22.7 Å².